The van der Waals surface area contributed by atoms with Crippen LogP contribution in [0.4, 0.5) is 13.2 Å². The average molecular weight is 313 g/mol. The van der Waals surface area contributed by atoms with E-state index in [0.29, 0.717) is 12.1 Å². The Hall–Kier alpha value is -0.700. The normalized spacial score (nSPS) is 11.8. The first-order valence-electron chi connectivity index (χ1n) is 3.62. The van der Waals surface area contributed by atoms with E-state index in [1.54, 1.807) is 0 Å². The lowest BCUT2D eigenvalue weighted by atomic mass is 10.3. The van der Waals surface area contributed by atoms with E-state index in [9.17, 15) is 21.6 Å². The van der Waals surface area contributed by atoms with Gasteiger partial charge in [-0.3, -0.25) is 4.55 Å². The largest absolute Gasteiger partial charge is 0.573 e. The molecule has 98 valence electrons. The second-order valence-corrected chi connectivity index (χ2v) is 4.44. The molecular weight excluding hydrogens is 308 g/mol. The molecule has 17 heavy (non-hydrogen) atoms. The van der Waals surface area contributed by atoms with Crippen molar-refractivity contribution < 1.29 is 30.9 Å². The molecule has 0 saturated carbocycles. The van der Waals surface area contributed by atoms with Gasteiger partial charge >= 0.3 is 6.36 Å². The molecular formula is C7H5Cl2F3O4S. The number of ether oxygens (including phenoxy) is 1. The van der Waals surface area contributed by atoms with Gasteiger partial charge in [-0.25, -0.2) is 0 Å². The van der Waals surface area contributed by atoms with Crippen LogP contribution in [0, 0.1) is 0 Å². The molecule has 1 aromatic carbocycles. The predicted octanol–water partition coefficient (Wildman–Crippen LogP) is 2.91. The third-order valence-electron chi connectivity index (χ3n) is 1.41. The molecule has 0 aliphatic heterocycles. The first kappa shape index (κ1) is 16.3. The summed E-state index contributed by atoms with van der Waals surface area (Å²) in [4.78, 5) is -1.04. The summed E-state index contributed by atoms with van der Waals surface area (Å²) >= 11 is 5.38. The lowest BCUT2D eigenvalue weighted by molar-refractivity contribution is -0.275. The van der Waals surface area contributed by atoms with Crippen LogP contribution in [0.1, 0.15) is 0 Å². The second kappa shape index (κ2) is 5.30. The Morgan fingerprint density at radius 1 is 1.29 bits per heavy atom. The van der Waals surface area contributed by atoms with Gasteiger partial charge in [0.05, 0.1) is 0 Å². The van der Waals surface area contributed by atoms with Crippen LogP contribution in [-0.4, -0.2) is 19.3 Å². The lowest BCUT2D eigenvalue weighted by Crippen LogP contribution is -2.18. The molecule has 1 rings (SSSR count). The fourth-order valence-electron chi connectivity index (χ4n) is 0.892. The standard InChI is InChI=1S/C7H4ClF3O4S.ClH/c8-4-1-2-5(15-7(9,10)11)6(3-4)16(12,13)14;/h1-3H,(H,12,13,14);1H. The molecule has 0 fully saturated rings. The van der Waals surface area contributed by atoms with Crippen LogP contribution < -0.4 is 4.74 Å². The van der Waals surface area contributed by atoms with Gasteiger partial charge in [-0.2, -0.15) is 8.42 Å². The van der Waals surface area contributed by atoms with Crippen LogP contribution in [-0.2, 0) is 10.1 Å². The Morgan fingerprint density at radius 3 is 2.24 bits per heavy atom. The summed E-state index contributed by atoms with van der Waals surface area (Å²) < 4.78 is 69.2. The van der Waals surface area contributed by atoms with Crippen LogP contribution in [0.3, 0.4) is 0 Å². The third-order valence-corrected chi connectivity index (χ3v) is 2.52. The maximum atomic E-state index is 11.9. The van der Waals surface area contributed by atoms with Gasteiger partial charge in [-0.05, 0) is 18.2 Å². The van der Waals surface area contributed by atoms with Crippen LogP contribution in [0.5, 0.6) is 5.75 Å². The molecule has 0 heterocycles. The minimum atomic E-state index is -5.06. The van der Waals surface area contributed by atoms with Crippen molar-refractivity contribution in [2.45, 2.75) is 11.3 Å². The second-order valence-electron chi connectivity index (χ2n) is 2.61. The highest BCUT2D eigenvalue weighted by Gasteiger charge is 2.33. The number of halogens is 5. The van der Waals surface area contributed by atoms with Crippen molar-refractivity contribution in [1.29, 1.82) is 0 Å². The number of rotatable bonds is 2. The lowest BCUT2D eigenvalue weighted by Gasteiger charge is -2.11. The predicted molar refractivity (Wildman–Crippen MR) is 55.2 cm³/mol. The third kappa shape index (κ3) is 4.99. The Kier molecular flexibility index (Phi) is 5.08. The highest BCUT2D eigenvalue weighted by Crippen LogP contribution is 2.31. The molecule has 0 aromatic heterocycles. The Balaban J connectivity index is 0.00000256. The van der Waals surface area contributed by atoms with Crippen molar-refractivity contribution in [3.8, 4) is 5.75 Å². The molecule has 0 unspecified atom stereocenters. The van der Waals surface area contributed by atoms with Gasteiger partial charge in [0.15, 0.2) is 5.75 Å². The summed E-state index contributed by atoms with van der Waals surface area (Å²) in [5.41, 5.74) is 0. The van der Waals surface area contributed by atoms with E-state index < -0.39 is 27.1 Å². The van der Waals surface area contributed by atoms with E-state index in [0.717, 1.165) is 6.07 Å². The van der Waals surface area contributed by atoms with Crippen LogP contribution in [0.25, 0.3) is 0 Å². The monoisotopic (exact) mass is 312 g/mol. The van der Waals surface area contributed by atoms with Gasteiger partial charge in [-0.1, -0.05) is 11.6 Å². The molecule has 0 spiro atoms. The first-order chi connectivity index (χ1) is 7.09. The number of benzene rings is 1. The molecule has 0 radical (unpaired) electrons. The highest BCUT2D eigenvalue weighted by atomic mass is 35.5. The fraction of sp³-hybridized carbons (Fsp3) is 0.143. The molecule has 1 aromatic rings. The molecule has 0 amide bonds. The van der Waals surface area contributed by atoms with Crippen LogP contribution in [0.15, 0.2) is 23.1 Å². The maximum Gasteiger partial charge on any atom is 0.573 e. The van der Waals surface area contributed by atoms with Gasteiger partial charge in [0.1, 0.15) is 4.90 Å². The summed E-state index contributed by atoms with van der Waals surface area (Å²) in [6.45, 7) is 0. The Bertz CT molecular complexity index is 500. The zero-order chi connectivity index (χ0) is 12.6. The van der Waals surface area contributed by atoms with E-state index in [1.807, 2.05) is 0 Å². The number of alkyl halides is 3. The average Bonchev–Trinajstić information content (AvgIpc) is 2.04. The van der Waals surface area contributed by atoms with Crippen LogP contribution >= 0.6 is 24.0 Å². The van der Waals surface area contributed by atoms with Gasteiger partial charge < -0.3 is 4.74 Å². The van der Waals surface area contributed by atoms with Crippen molar-refractivity contribution >= 4 is 34.1 Å². The number of hydrogen-bond acceptors (Lipinski definition) is 3. The zero-order valence-electron chi connectivity index (χ0n) is 7.73. The van der Waals surface area contributed by atoms with Gasteiger partial charge in [-0.15, -0.1) is 25.6 Å². The molecule has 0 saturated heterocycles. The summed E-state index contributed by atoms with van der Waals surface area (Å²) in [5.74, 6) is -1.04. The minimum absolute atomic E-state index is 0. The molecule has 0 atom stereocenters. The van der Waals surface area contributed by atoms with Crippen molar-refractivity contribution in [3.05, 3.63) is 23.2 Å². The number of hydrogen-bond donors (Lipinski definition) is 1. The molecule has 1 N–H and O–H groups in total. The fourth-order valence-corrected chi connectivity index (χ4v) is 1.77. The van der Waals surface area contributed by atoms with Gasteiger partial charge in [0, 0.05) is 5.02 Å². The quantitative estimate of drug-likeness (QED) is 0.853. The molecule has 0 aliphatic carbocycles. The van der Waals surface area contributed by atoms with E-state index in [2.05, 4.69) is 4.74 Å². The maximum absolute atomic E-state index is 11.9. The van der Waals surface area contributed by atoms with Crippen molar-refractivity contribution in [2.75, 3.05) is 0 Å². The van der Waals surface area contributed by atoms with Gasteiger partial charge in [0.25, 0.3) is 10.1 Å². The van der Waals surface area contributed by atoms with Crippen molar-refractivity contribution in [1.82, 2.24) is 0 Å². The van der Waals surface area contributed by atoms with E-state index >= 15 is 0 Å². The smallest absolute Gasteiger partial charge is 0.404 e. The molecule has 10 heteroatoms. The SMILES string of the molecule is Cl.O=S(=O)(O)c1cc(Cl)ccc1OC(F)(F)F. The van der Waals surface area contributed by atoms with E-state index in [-0.39, 0.29) is 17.4 Å². The summed E-state index contributed by atoms with van der Waals surface area (Å²) in [5, 5.41) is -0.151. The summed E-state index contributed by atoms with van der Waals surface area (Å²) in [6.07, 6.45) is -5.06. The molecule has 0 bridgehead atoms. The van der Waals surface area contributed by atoms with Crippen molar-refractivity contribution in [2.24, 2.45) is 0 Å². The van der Waals surface area contributed by atoms with Crippen molar-refractivity contribution in [3.63, 3.8) is 0 Å². The molecule has 0 aliphatic rings. The zero-order valence-corrected chi connectivity index (χ0v) is 10.1. The molecule has 4 nitrogen and oxygen atoms in total. The van der Waals surface area contributed by atoms with E-state index in [1.165, 1.54) is 0 Å². The topological polar surface area (TPSA) is 63.6 Å². The summed E-state index contributed by atoms with van der Waals surface area (Å²) in [7, 11) is -4.84. The highest BCUT2D eigenvalue weighted by molar-refractivity contribution is 7.86. The van der Waals surface area contributed by atoms with Gasteiger partial charge in [0.2, 0.25) is 0 Å². The van der Waals surface area contributed by atoms with E-state index in [4.69, 9.17) is 16.2 Å². The Morgan fingerprint density at radius 2 is 1.82 bits per heavy atom. The van der Waals surface area contributed by atoms with Crippen LogP contribution in [0.2, 0.25) is 5.02 Å². The Labute approximate surface area is 105 Å². The minimum Gasteiger partial charge on any atom is -0.404 e. The first-order valence-corrected chi connectivity index (χ1v) is 5.44. The summed E-state index contributed by atoms with van der Waals surface area (Å²) in [6, 6.07) is 2.34.